The van der Waals surface area contributed by atoms with Gasteiger partial charge in [0.25, 0.3) is 0 Å². The van der Waals surface area contributed by atoms with Gasteiger partial charge in [0, 0.05) is 18.8 Å². The van der Waals surface area contributed by atoms with Crippen LogP contribution in [0, 0.1) is 0 Å². The maximum absolute atomic E-state index is 12.6. The van der Waals surface area contributed by atoms with Crippen molar-refractivity contribution < 1.29 is 4.79 Å². The molecule has 3 rings (SSSR count). The van der Waals surface area contributed by atoms with Crippen LogP contribution < -0.4 is 10.2 Å². The van der Waals surface area contributed by atoms with E-state index in [-0.39, 0.29) is 11.9 Å². The lowest BCUT2D eigenvalue weighted by atomic mass is 9.98. The molecule has 1 amide bonds. The summed E-state index contributed by atoms with van der Waals surface area (Å²) in [4.78, 5) is 15.1. The van der Waals surface area contributed by atoms with Gasteiger partial charge in [-0.15, -0.1) is 0 Å². The van der Waals surface area contributed by atoms with E-state index in [4.69, 9.17) is 0 Å². The Labute approximate surface area is 157 Å². The van der Waals surface area contributed by atoms with E-state index in [1.807, 2.05) is 30.3 Å². The Balaban J connectivity index is 1.76. The molecule has 0 aliphatic carbocycles. The number of hydrogen-bond acceptors (Lipinski definition) is 2. The van der Waals surface area contributed by atoms with Gasteiger partial charge in [-0.2, -0.15) is 0 Å². The van der Waals surface area contributed by atoms with Crippen LogP contribution in [0.3, 0.4) is 0 Å². The van der Waals surface area contributed by atoms with Crippen molar-refractivity contribution in [3.63, 3.8) is 0 Å². The SMILES string of the molecule is CCCC(NC(=O)Cc1ccccc1)c1ccccc1N1CCCCC1. The average Bonchev–Trinajstić information content (AvgIpc) is 2.69. The van der Waals surface area contributed by atoms with Crippen LogP contribution in [0.2, 0.25) is 0 Å². The number of hydrogen-bond donors (Lipinski definition) is 1. The van der Waals surface area contributed by atoms with Gasteiger partial charge in [0.1, 0.15) is 0 Å². The van der Waals surface area contributed by atoms with Crippen molar-refractivity contribution in [1.29, 1.82) is 0 Å². The van der Waals surface area contributed by atoms with Gasteiger partial charge in [0.05, 0.1) is 12.5 Å². The van der Waals surface area contributed by atoms with Crippen LogP contribution in [-0.4, -0.2) is 19.0 Å². The van der Waals surface area contributed by atoms with Crippen LogP contribution in [0.15, 0.2) is 54.6 Å². The van der Waals surface area contributed by atoms with Crippen molar-refractivity contribution in [3.8, 4) is 0 Å². The van der Waals surface area contributed by atoms with E-state index in [1.165, 1.54) is 30.5 Å². The first kappa shape index (κ1) is 18.5. The van der Waals surface area contributed by atoms with Crippen molar-refractivity contribution in [2.75, 3.05) is 18.0 Å². The number of carbonyl (C=O) groups is 1. The monoisotopic (exact) mass is 350 g/mol. The van der Waals surface area contributed by atoms with Gasteiger partial charge in [0.2, 0.25) is 5.91 Å². The number of rotatable bonds is 7. The van der Waals surface area contributed by atoms with Crippen LogP contribution in [0.5, 0.6) is 0 Å². The van der Waals surface area contributed by atoms with Gasteiger partial charge in [-0.3, -0.25) is 4.79 Å². The molecule has 1 fully saturated rings. The van der Waals surface area contributed by atoms with E-state index >= 15 is 0 Å². The fourth-order valence-corrected chi connectivity index (χ4v) is 3.83. The minimum Gasteiger partial charge on any atom is -0.371 e. The standard InChI is InChI=1S/C23H30N2O/c1-2-11-21(24-23(26)18-19-12-5-3-6-13-19)20-14-7-8-15-22(20)25-16-9-4-10-17-25/h3,5-8,12-15,21H,2,4,9-11,16-18H2,1H3,(H,24,26). The van der Waals surface area contributed by atoms with Gasteiger partial charge in [0.15, 0.2) is 0 Å². The summed E-state index contributed by atoms with van der Waals surface area (Å²) in [5.41, 5.74) is 3.62. The molecule has 1 saturated heterocycles. The minimum absolute atomic E-state index is 0.0781. The molecular weight excluding hydrogens is 320 g/mol. The van der Waals surface area contributed by atoms with Crippen LogP contribution in [0.4, 0.5) is 5.69 Å². The van der Waals surface area contributed by atoms with Crippen molar-refractivity contribution >= 4 is 11.6 Å². The third-order valence-electron chi connectivity index (χ3n) is 5.13. The van der Waals surface area contributed by atoms with E-state index in [9.17, 15) is 4.79 Å². The molecule has 1 unspecified atom stereocenters. The van der Waals surface area contributed by atoms with Gasteiger partial charge in [-0.1, -0.05) is 61.9 Å². The van der Waals surface area contributed by atoms with E-state index < -0.39 is 0 Å². The first-order valence-electron chi connectivity index (χ1n) is 9.95. The second-order valence-electron chi connectivity index (χ2n) is 7.18. The van der Waals surface area contributed by atoms with Gasteiger partial charge in [-0.05, 0) is 42.9 Å². The summed E-state index contributed by atoms with van der Waals surface area (Å²) in [7, 11) is 0. The lowest BCUT2D eigenvalue weighted by Gasteiger charge is -2.32. The fraction of sp³-hybridized carbons (Fsp3) is 0.435. The number of para-hydroxylation sites is 1. The summed E-state index contributed by atoms with van der Waals surface area (Å²) in [6, 6.07) is 18.7. The Bertz CT molecular complexity index is 692. The van der Waals surface area contributed by atoms with Gasteiger partial charge in [-0.25, -0.2) is 0 Å². The third kappa shape index (κ3) is 4.87. The normalized spacial score (nSPS) is 15.5. The molecule has 0 bridgehead atoms. The molecule has 3 heteroatoms. The molecule has 138 valence electrons. The topological polar surface area (TPSA) is 32.3 Å². The predicted molar refractivity (Wildman–Crippen MR) is 108 cm³/mol. The lowest BCUT2D eigenvalue weighted by molar-refractivity contribution is -0.121. The Morgan fingerprint density at radius 2 is 1.69 bits per heavy atom. The van der Waals surface area contributed by atoms with Crippen LogP contribution in [0.1, 0.15) is 56.2 Å². The van der Waals surface area contributed by atoms with Crippen LogP contribution >= 0.6 is 0 Å². The summed E-state index contributed by atoms with van der Waals surface area (Å²) in [5, 5.41) is 3.30. The number of carbonyl (C=O) groups excluding carboxylic acids is 1. The Kier molecular flexibility index (Phi) is 6.70. The molecule has 2 aromatic carbocycles. The van der Waals surface area contributed by atoms with E-state index in [0.717, 1.165) is 31.5 Å². The van der Waals surface area contributed by atoms with Crippen molar-refractivity contribution in [2.24, 2.45) is 0 Å². The first-order valence-corrected chi connectivity index (χ1v) is 9.95. The Morgan fingerprint density at radius 1 is 1.00 bits per heavy atom. The summed E-state index contributed by atoms with van der Waals surface area (Å²) in [5.74, 6) is 0.100. The molecule has 1 atom stereocenters. The Hall–Kier alpha value is -2.29. The molecule has 0 radical (unpaired) electrons. The number of anilines is 1. The highest BCUT2D eigenvalue weighted by Crippen LogP contribution is 2.31. The Morgan fingerprint density at radius 3 is 2.42 bits per heavy atom. The molecule has 26 heavy (non-hydrogen) atoms. The van der Waals surface area contributed by atoms with E-state index in [2.05, 4.69) is 41.4 Å². The number of nitrogens with one attached hydrogen (secondary N) is 1. The summed E-state index contributed by atoms with van der Waals surface area (Å²) < 4.78 is 0. The number of amides is 1. The number of benzene rings is 2. The second-order valence-corrected chi connectivity index (χ2v) is 7.18. The van der Waals surface area contributed by atoms with Gasteiger partial charge < -0.3 is 10.2 Å². The summed E-state index contributed by atoms with van der Waals surface area (Å²) in [6.45, 7) is 4.42. The first-order chi connectivity index (χ1) is 12.8. The third-order valence-corrected chi connectivity index (χ3v) is 5.13. The maximum Gasteiger partial charge on any atom is 0.224 e. The summed E-state index contributed by atoms with van der Waals surface area (Å²) >= 11 is 0. The van der Waals surface area contributed by atoms with Crippen molar-refractivity contribution in [3.05, 3.63) is 65.7 Å². The molecule has 1 aliphatic heterocycles. The minimum atomic E-state index is 0.0781. The fourth-order valence-electron chi connectivity index (χ4n) is 3.83. The lowest BCUT2D eigenvalue weighted by Crippen LogP contribution is -2.34. The number of piperidine rings is 1. The number of nitrogens with zero attached hydrogens (tertiary/aromatic N) is 1. The van der Waals surface area contributed by atoms with Crippen LogP contribution in [0.25, 0.3) is 0 Å². The average molecular weight is 351 g/mol. The smallest absolute Gasteiger partial charge is 0.224 e. The molecule has 3 nitrogen and oxygen atoms in total. The van der Waals surface area contributed by atoms with E-state index in [1.54, 1.807) is 0 Å². The molecule has 0 aromatic heterocycles. The quantitative estimate of drug-likeness (QED) is 0.772. The molecule has 1 aliphatic rings. The van der Waals surface area contributed by atoms with E-state index in [0.29, 0.717) is 6.42 Å². The highest BCUT2D eigenvalue weighted by Gasteiger charge is 2.21. The van der Waals surface area contributed by atoms with Gasteiger partial charge >= 0.3 is 0 Å². The predicted octanol–water partition coefficient (Wildman–Crippen LogP) is 4.88. The zero-order valence-electron chi connectivity index (χ0n) is 15.8. The molecule has 0 saturated carbocycles. The van der Waals surface area contributed by atoms with Crippen molar-refractivity contribution in [1.82, 2.24) is 5.32 Å². The largest absolute Gasteiger partial charge is 0.371 e. The molecular formula is C23H30N2O. The molecule has 1 heterocycles. The van der Waals surface area contributed by atoms with Crippen molar-refractivity contribution in [2.45, 2.75) is 51.5 Å². The van der Waals surface area contributed by atoms with Crippen LogP contribution in [-0.2, 0) is 11.2 Å². The zero-order chi connectivity index (χ0) is 18.2. The molecule has 1 N–H and O–H groups in total. The highest BCUT2D eigenvalue weighted by molar-refractivity contribution is 5.79. The molecule has 2 aromatic rings. The second kappa shape index (κ2) is 9.42. The summed E-state index contributed by atoms with van der Waals surface area (Å²) in [6.07, 6.45) is 6.29. The maximum atomic E-state index is 12.6. The molecule has 0 spiro atoms. The zero-order valence-corrected chi connectivity index (χ0v) is 15.8. The highest BCUT2D eigenvalue weighted by atomic mass is 16.1.